The Morgan fingerprint density at radius 2 is 1.95 bits per heavy atom. The molecule has 0 saturated heterocycles. The van der Waals surface area contributed by atoms with E-state index < -0.39 is 26.0 Å². The van der Waals surface area contributed by atoms with Crippen molar-refractivity contribution < 1.29 is 36.2 Å². The summed E-state index contributed by atoms with van der Waals surface area (Å²) in [7, 11) is -4.79. The molecule has 2 saturated carbocycles. The largest absolute Gasteiger partial charge is 0.511 e. The maximum absolute atomic E-state index is 14.2. The van der Waals surface area contributed by atoms with Crippen molar-refractivity contribution in [3.63, 3.8) is 0 Å². The average Bonchev–Trinajstić information content (AvgIpc) is 3.64. The SMILES string of the molecule is COc1ccc(CN2C(=O)C(C3=NS(=O)(=O)c4c(CNS(C)(=O)=O)csc4N3)=C(O)C3C2[C@@H]2CC[C@H]3C2)c(OC)c1. The number of methoxy groups -OCH3 is 2. The number of ether oxygens (including phenoxy) is 2. The summed E-state index contributed by atoms with van der Waals surface area (Å²) in [6, 6.07) is 5.12. The van der Waals surface area contributed by atoms with Crippen LogP contribution in [0.1, 0.15) is 30.4 Å². The number of amidine groups is 1. The van der Waals surface area contributed by atoms with E-state index in [1.807, 2.05) is 6.07 Å². The van der Waals surface area contributed by atoms with Gasteiger partial charge in [-0.3, -0.25) is 4.79 Å². The Morgan fingerprint density at radius 1 is 1.20 bits per heavy atom. The Balaban J connectivity index is 1.39. The number of hydrogen-bond acceptors (Lipinski definition) is 10. The van der Waals surface area contributed by atoms with Gasteiger partial charge in [0, 0.05) is 42.2 Å². The Kier molecular flexibility index (Phi) is 6.83. The molecule has 4 atom stereocenters. The zero-order valence-electron chi connectivity index (χ0n) is 22.6. The minimum atomic E-state index is -4.32. The van der Waals surface area contributed by atoms with E-state index in [4.69, 9.17) is 9.47 Å². The third-order valence-electron chi connectivity index (χ3n) is 8.39. The lowest BCUT2D eigenvalue weighted by Crippen LogP contribution is -2.53. The molecular weight excluding hydrogens is 593 g/mol. The zero-order valence-corrected chi connectivity index (χ0v) is 25.0. The molecule has 0 radical (unpaired) electrons. The number of carbonyl (C=O) groups is 1. The third kappa shape index (κ3) is 4.77. The second-order valence-corrected chi connectivity index (χ2v) is 15.0. The van der Waals surface area contributed by atoms with Gasteiger partial charge in [-0.15, -0.1) is 15.7 Å². The van der Waals surface area contributed by atoms with E-state index in [9.17, 15) is 26.7 Å². The predicted octanol–water partition coefficient (Wildman–Crippen LogP) is 2.60. The van der Waals surface area contributed by atoms with Gasteiger partial charge in [0.1, 0.15) is 32.7 Å². The Hall–Kier alpha value is -3.14. The van der Waals surface area contributed by atoms with E-state index in [-0.39, 0.29) is 69.5 Å². The second kappa shape index (κ2) is 10.00. The number of carbonyl (C=O) groups excluding carboxylic acids is 1. The maximum atomic E-state index is 14.2. The van der Waals surface area contributed by atoms with Crippen LogP contribution in [0.15, 0.2) is 44.2 Å². The number of fused-ring (bicyclic) bond motifs is 6. The number of thiophene rings is 1. The van der Waals surface area contributed by atoms with Gasteiger partial charge in [0.25, 0.3) is 15.9 Å². The Morgan fingerprint density at radius 3 is 2.66 bits per heavy atom. The van der Waals surface area contributed by atoms with Gasteiger partial charge in [0.2, 0.25) is 10.0 Å². The topological polar surface area (TPSA) is 164 Å². The Labute approximate surface area is 242 Å². The summed E-state index contributed by atoms with van der Waals surface area (Å²) in [6.45, 7) is -0.0354. The van der Waals surface area contributed by atoms with Crippen molar-refractivity contribution in [1.82, 2.24) is 9.62 Å². The number of sulfonamides is 2. The van der Waals surface area contributed by atoms with Gasteiger partial charge >= 0.3 is 0 Å². The summed E-state index contributed by atoms with van der Waals surface area (Å²) in [5.74, 6) is 0.317. The van der Waals surface area contributed by atoms with E-state index >= 15 is 0 Å². The van der Waals surface area contributed by atoms with Gasteiger partial charge in [-0.2, -0.15) is 8.42 Å². The molecule has 3 heterocycles. The van der Waals surface area contributed by atoms with Crippen molar-refractivity contribution in [3.8, 4) is 11.5 Å². The number of aliphatic hydroxyl groups is 1. The molecule has 6 rings (SSSR count). The maximum Gasteiger partial charge on any atom is 0.287 e. The van der Waals surface area contributed by atoms with Crippen LogP contribution in [-0.4, -0.2) is 65.1 Å². The highest BCUT2D eigenvalue weighted by molar-refractivity contribution is 7.91. The number of amides is 1. The smallest absolute Gasteiger partial charge is 0.287 e. The van der Waals surface area contributed by atoms with E-state index in [2.05, 4.69) is 14.4 Å². The first-order valence-corrected chi connectivity index (χ1v) is 17.2. The van der Waals surface area contributed by atoms with Gasteiger partial charge < -0.3 is 24.8 Å². The van der Waals surface area contributed by atoms with Crippen LogP contribution in [0.2, 0.25) is 0 Å². The standard InChI is InChI=1S/C26H30N4O8S3/c1-37-17-7-6-15(18(9-17)38-2)11-30-21-14-5-4-13(8-14)19(21)22(31)20(26(30)32)24-28-25-23(41(35,36)29-24)16(12-39-25)10-27-40(3,33)34/h6-7,9,12-14,19,21,27,31H,4-5,8,10-11H2,1-3H3,(H,28,29)/t13-,14+,19?,21?/m0/s1. The van der Waals surface area contributed by atoms with Crippen molar-refractivity contribution >= 4 is 48.1 Å². The number of hydrogen-bond donors (Lipinski definition) is 3. The quantitative estimate of drug-likeness (QED) is 0.402. The van der Waals surface area contributed by atoms with E-state index in [1.165, 1.54) is 12.5 Å². The van der Waals surface area contributed by atoms with Crippen LogP contribution in [0.4, 0.5) is 5.00 Å². The molecule has 41 heavy (non-hydrogen) atoms. The monoisotopic (exact) mass is 622 g/mol. The number of aliphatic hydroxyl groups excluding tert-OH is 1. The Bertz CT molecular complexity index is 1710. The molecule has 1 aromatic carbocycles. The molecule has 2 fully saturated rings. The molecule has 15 heteroatoms. The summed E-state index contributed by atoms with van der Waals surface area (Å²) in [5, 5.41) is 16.2. The second-order valence-electron chi connectivity index (χ2n) is 10.8. The van der Waals surface area contributed by atoms with Crippen LogP contribution < -0.4 is 19.5 Å². The first-order valence-electron chi connectivity index (χ1n) is 13.0. The molecule has 220 valence electrons. The molecule has 3 N–H and O–H groups in total. The number of benzene rings is 1. The summed E-state index contributed by atoms with van der Waals surface area (Å²) < 4.78 is 67.0. The molecular formula is C26H30N4O8S3. The van der Waals surface area contributed by atoms with Crippen LogP contribution in [0, 0.1) is 17.8 Å². The van der Waals surface area contributed by atoms with Crippen molar-refractivity contribution in [2.24, 2.45) is 22.2 Å². The van der Waals surface area contributed by atoms with Gasteiger partial charge in [0.15, 0.2) is 5.84 Å². The highest BCUT2D eigenvalue weighted by Gasteiger charge is 2.57. The van der Waals surface area contributed by atoms with Crippen LogP contribution in [0.5, 0.6) is 11.5 Å². The fourth-order valence-corrected chi connectivity index (χ4v) is 9.73. The summed E-state index contributed by atoms with van der Waals surface area (Å²) in [5.41, 5.74) is 0.823. The molecule has 2 bridgehead atoms. The molecule has 2 aromatic rings. The molecule has 1 aromatic heterocycles. The lowest BCUT2D eigenvalue weighted by atomic mass is 9.77. The summed E-state index contributed by atoms with van der Waals surface area (Å²) in [4.78, 5) is 15.7. The minimum Gasteiger partial charge on any atom is -0.511 e. The fraction of sp³-hybridized carbons (Fsp3) is 0.462. The highest BCUT2D eigenvalue weighted by atomic mass is 32.2. The molecule has 2 unspecified atom stereocenters. The highest BCUT2D eigenvalue weighted by Crippen LogP contribution is 2.55. The molecule has 4 aliphatic rings. The number of rotatable bonds is 8. The first kappa shape index (κ1) is 28.0. The molecule has 0 spiro atoms. The van der Waals surface area contributed by atoms with E-state index in [1.54, 1.807) is 24.1 Å². The lowest BCUT2D eigenvalue weighted by Gasteiger charge is -2.44. The van der Waals surface area contributed by atoms with E-state index in [0.29, 0.717) is 11.5 Å². The number of anilines is 1. The average molecular weight is 623 g/mol. The third-order valence-corrected chi connectivity index (χ3v) is 11.5. The van der Waals surface area contributed by atoms with Crippen LogP contribution in [-0.2, 0) is 37.9 Å². The summed E-state index contributed by atoms with van der Waals surface area (Å²) >= 11 is 1.05. The normalized spacial score (nSPS) is 26.4. The lowest BCUT2D eigenvalue weighted by molar-refractivity contribution is -0.134. The van der Waals surface area contributed by atoms with Crippen LogP contribution >= 0.6 is 11.3 Å². The van der Waals surface area contributed by atoms with E-state index in [0.717, 1.165) is 42.4 Å². The number of nitrogens with zero attached hydrogens (tertiary/aromatic N) is 2. The van der Waals surface area contributed by atoms with Crippen molar-refractivity contribution in [2.75, 3.05) is 25.8 Å². The number of nitrogens with one attached hydrogen (secondary N) is 2. The van der Waals surface area contributed by atoms with Crippen molar-refractivity contribution in [3.05, 3.63) is 46.0 Å². The molecule has 2 aliphatic carbocycles. The predicted molar refractivity (Wildman–Crippen MR) is 152 cm³/mol. The van der Waals surface area contributed by atoms with Gasteiger partial charge in [-0.05, 0) is 48.6 Å². The van der Waals surface area contributed by atoms with Crippen LogP contribution in [0.3, 0.4) is 0 Å². The molecule has 1 amide bonds. The summed E-state index contributed by atoms with van der Waals surface area (Å²) in [6.07, 6.45) is 3.73. The fourth-order valence-electron chi connectivity index (χ4n) is 6.70. The zero-order chi connectivity index (χ0) is 29.3. The van der Waals surface area contributed by atoms with Gasteiger partial charge in [-0.25, -0.2) is 13.1 Å². The van der Waals surface area contributed by atoms with Crippen molar-refractivity contribution in [1.29, 1.82) is 0 Å². The van der Waals surface area contributed by atoms with Gasteiger partial charge in [-0.1, -0.05) is 0 Å². The molecule has 2 aliphatic heterocycles. The van der Waals surface area contributed by atoms with Crippen molar-refractivity contribution in [2.45, 2.75) is 43.3 Å². The minimum absolute atomic E-state index is 0.134. The molecule has 12 nitrogen and oxygen atoms in total. The first-order chi connectivity index (χ1) is 19.4. The van der Waals surface area contributed by atoms with Crippen LogP contribution in [0.25, 0.3) is 0 Å². The van der Waals surface area contributed by atoms with Gasteiger partial charge in [0.05, 0.1) is 20.5 Å².